The second-order valence-electron chi connectivity index (χ2n) is 3.34. The number of pyridine rings is 1. The molecule has 0 aliphatic carbocycles. The van der Waals surface area contributed by atoms with E-state index in [9.17, 15) is 4.79 Å². The Morgan fingerprint density at radius 2 is 2.40 bits per heavy atom. The highest BCUT2D eigenvalue weighted by atomic mass is 79.9. The zero-order valence-corrected chi connectivity index (χ0v) is 10.3. The van der Waals surface area contributed by atoms with Crippen LogP contribution in [0, 0.1) is 6.92 Å². The van der Waals surface area contributed by atoms with Gasteiger partial charge in [-0.15, -0.1) is 0 Å². The first-order chi connectivity index (χ1) is 7.04. The molecule has 82 valence electrons. The fourth-order valence-corrected chi connectivity index (χ4v) is 1.26. The first-order valence-corrected chi connectivity index (χ1v) is 5.52. The van der Waals surface area contributed by atoms with Crippen LogP contribution in [0.1, 0.15) is 18.9 Å². The van der Waals surface area contributed by atoms with Crippen molar-refractivity contribution in [3.8, 4) is 0 Å². The maximum absolute atomic E-state index is 11.5. The average molecular weight is 272 g/mol. The number of nitrogens with zero attached hydrogens (tertiary/aromatic N) is 1. The molecule has 4 nitrogen and oxygen atoms in total. The highest BCUT2D eigenvalue weighted by molar-refractivity contribution is 9.10. The van der Waals surface area contributed by atoms with Gasteiger partial charge in [-0.2, -0.15) is 0 Å². The lowest BCUT2D eigenvalue weighted by Crippen LogP contribution is -2.34. The first-order valence-electron chi connectivity index (χ1n) is 4.73. The van der Waals surface area contributed by atoms with Crippen LogP contribution in [0.15, 0.2) is 16.9 Å². The number of nitrogens with one attached hydrogen (secondary N) is 1. The summed E-state index contributed by atoms with van der Waals surface area (Å²) < 4.78 is 0.778. The Bertz CT molecular complexity index is 368. The number of aryl methyl sites for hydroxylation is 1. The monoisotopic (exact) mass is 271 g/mol. The molecule has 0 saturated heterocycles. The SMILES string of the molecule is CC[C@@H](N)C(=O)Nc1cnc(Br)c(C)c1. The predicted octanol–water partition coefficient (Wildman–Crippen LogP) is 1.83. The molecule has 0 fully saturated rings. The molecule has 1 amide bonds. The number of nitrogens with two attached hydrogens (primary N) is 1. The molecule has 0 bridgehead atoms. The molecule has 1 aromatic rings. The maximum atomic E-state index is 11.5. The first kappa shape index (κ1) is 12.1. The topological polar surface area (TPSA) is 68.0 Å². The van der Waals surface area contributed by atoms with Crippen molar-refractivity contribution in [3.63, 3.8) is 0 Å². The Kier molecular flexibility index (Phi) is 4.23. The minimum Gasteiger partial charge on any atom is -0.323 e. The van der Waals surface area contributed by atoms with Gasteiger partial charge in [-0.05, 0) is 40.9 Å². The second kappa shape index (κ2) is 5.23. The smallest absolute Gasteiger partial charge is 0.241 e. The van der Waals surface area contributed by atoms with E-state index in [1.54, 1.807) is 6.20 Å². The average Bonchev–Trinajstić information content (AvgIpc) is 2.22. The van der Waals surface area contributed by atoms with Gasteiger partial charge in [0, 0.05) is 0 Å². The van der Waals surface area contributed by atoms with E-state index in [0.29, 0.717) is 12.1 Å². The van der Waals surface area contributed by atoms with Crippen LogP contribution in [0.3, 0.4) is 0 Å². The molecule has 15 heavy (non-hydrogen) atoms. The summed E-state index contributed by atoms with van der Waals surface area (Å²) in [6.45, 7) is 3.78. The summed E-state index contributed by atoms with van der Waals surface area (Å²) >= 11 is 3.29. The van der Waals surface area contributed by atoms with Gasteiger partial charge in [0.2, 0.25) is 5.91 Å². The Morgan fingerprint density at radius 1 is 1.73 bits per heavy atom. The van der Waals surface area contributed by atoms with E-state index in [1.807, 2.05) is 19.9 Å². The number of hydrogen-bond donors (Lipinski definition) is 2. The van der Waals surface area contributed by atoms with Crippen molar-refractivity contribution in [2.24, 2.45) is 5.73 Å². The summed E-state index contributed by atoms with van der Waals surface area (Å²) in [5, 5.41) is 2.71. The van der Waals surface area contributed by atoms with E-state index in [2.05, 4.69) is 26.2 Å². The van der Waals surface area contributed by atoms with Crippen LogP contribution in [-0.2, 0) is 4.79 Å². The Hall–Kier alpha value is -0.940. The van der Waals surface area contributed by atoms with E-state index >= 15 is 0 Å². The summed E-state index contributed by atoms with van der Waals surface area (Å²) in [7, 11) is 0. The van der Waals surface area contributed by atoms with Crippen LogP contribution in [0.4, 0.5) is 5.69 Å². The van der Waals surface area contributed by atoms with Crippen molar-refractivity contribution in [1.82, 2.24) is 4.98 Å². The van der Waals surface area contributed by atoms with Crippen molar-refractivity contribution in [3.05, 3.63) is 22.4 Å². The highest BCUT2D eigenvalue weighted by Gasteiger charge is 2.11. The van der Waals surface area contributed by atoms with Gasteiger partial charge in [0.25, 0.3) is 0 Å². The van der Waals surface area contributed by atoms with Crippen LogP contribution in [0.2, 0.25) is 0 Å². The highest BCUT2D eigenvalue weighted by Crippen LogP contribution is 2.16. The summed E-state index contributed by atoms with van der Waals surface area (Å²) in [6, 6.07) is 1.38. The van der Waals surface area contributed by atoms with Gasteiger partial charge in [-0.25, -0.2) is 4.98 Å². The molecule has 0 saturated carbocycles. The van der Waals surface area contributed by atoms with Crippen molar-refractivity contribution < 1.29 is 4.79 Å². The third kappa shape index (κ3) is 3.28. The number of rotatable bonds is 3. The largest absolute Gasteiger partial charge is 0.323 e. The minimum absolute atomic E-state index is 0.180. The summed E-state index contributed by atoms with van der Waals surface area (Å²) in [4.78, 5) is 15.5. The van der Waals surface area contributed by atoms with Crippen molar-refractivity contribution >= 4 is 27.5 Å². The fraction of sp³-hybridized carbons (Fsp3) is 0.400. The molecule has 1 rings (SSSR count). The number of hydrogen-bond acceptors (Lipinski definition) is 3. The van der Waals surface area contributed by atoms with Crippen LogP contribution in [-0.4, -0.2) is 16.9 Å². The lowest BCUT2D eigenvalue weighted by atomic mass is 10.2. The van der Waals surface area contributed by atoms with Gasteiger partial charge >= 0.3 is 0 Å². The van der Waals surface area contributed by atoms with Gasteiger partial charge in [-0.1, -0.05) is 6.92 Å². The van der Waals surface area contributed by atoms with Crippen molar-refractivity contribution in [2.75, 3.05) is 5.32 Å². The van der Waals surface area contributed by atoms with Gasteiger partial charge in [0.05, 0.1) is 17.9 Å². The Balaban J connectivity index is 2.73. The normalized spacial score (nSPS) is 12.3. The Labute approximate surface area is 97.4 Å². The third-order valence-corrected chi connectivity index (χ3v) is 2.89. The fourth-order valence-electron chi connectivity index (χ4n) is 1.05. The molecule has 0 aromatic carbocycles. The zero-order valence-electron chi connectivity index (χ0n) is 8.75. The number of amides is 1. The molecule has 0 spiro atoms. The number of anilines is 1. The molecule has 0 radical (unpaired) electrons. The standard InChI is InChI=1S/C10H14BrN3O/c1-3-8(12)10(15)14-7-4-6(2)9(11)13-5-7/h4-5,8H,3,12H2,1-2H3,(H,14,15)/t8-/m1/s1. The quantitative estimate of drug-likeness (QED) is 0.825. The number of carbonyl (C=O) groups excluding carboxylic acids is 1. The summed E-state index contributed by atoms with van der Waals surface area (Å²) in [6.07, 6.45) is 2.21. The number of halogens is 1. The van der Waals surface area contributed by atoms with Crippen molar-refractivity contribution in [1.29, 1.82) is 0 Å². The lowest BCUT2D eigenvalue weighted by Gasteiger charge is -2.10. The summed E-state index contributed by atoms with van der Waals surface area (Å²) in [5.41, 5.74) is 7.23. The number of carbonyl (C=O) groups is 1. The molecule has 1 atom stereocenters. The second-order valence-corrected chi connectivity index (χ2v) is 4.09. The third-order valence-electron chi connectivity index (χ3n) is 2.06. The molecule has 1 aromatic heterocycles. The van der Waals surface area contributed by atoms with Gasteiger partial charge in [0.15, 0.2) is 0 Å². The molecular formula is C10H14BrN3O. The molecule has 1 heterocycles. The zero-order chi connectivity index (χ0) is 11.4. The minimum atomic E-state index is -0.464. The van der Waals surface area contributed by atoms with Crippen LogP contribution in [0.25, 0.3) is 0 Å². The van der Waals surface area contributed by atoms with Crippen LogP contribution < -0.4 is 11.1 Å². The van der Waals surface area contributed by atoms with Crippen LogP contribution >= 0.6 is 15.9 Å². The van der Waals surface area contributed by atoms with Gasteiger partial charge < -0.3 is 11.1 Å². The van der Waals surface area contributed by atoms with E-state index < -0.39 is 6.04 Å². The molecule has 0 aliphatic rings. The molecule has 0 aliphatic heterocycles. The molecular weight excluding hydrogens is 258 g/mol. The van der Waals surface area contributed by atoms with Crippen LogP contribution in [0.5, 0.6) is 0 Å². The summed E-state index contributed by atoms with van der Waals surface area (Å²) in [5.74, 6) is -0.180. The van der Waals surface area contributed by atoms with Crippen molar-refractivity contribution in [2.45, 2.75) is 26.3 Å². The van der Waals surface area contributed by atoms with E-state index in [0.717, 1.165) is 10.2 Å². The van der Waals surface area contributed by atoms with E-state index in [4.69, 9.17) is 5.73 Å². The number of aromatic nitrogens is 1. The molecule has 0 unspecified atom stereocenters. The maximum Gasteiger partial charge on any atom is 0.241 e. The predicted molar refractivity (Wildman–Crippen MR) is 63.6 cm³/mol. The van der Waals surface area contributed by atoms with E-state index in [1.165, 1.54) is 0 Å². The van der Waals surface area contributed by atoms with Gasteiger partial charge in [0.1, 0.15) is 4.60 Å². The molecule has 5 heteroatoms. The van der Waals surface area contributed by atoms with Gasteiger partial charge in [-0.3, -0.25) is 4.79 Å². The lowest BCUT2D eigenvalue weighted by molar-refractivity contribution is -0.117. The molecule has 3 N–H and O–H groups in total. The Morgan fingerprint density at radius 3 is 2.93 bits per heavy atom. The van der Waals surface area contributed by atoms with E-state index in [-0.39, 0.29) is 5.91 Å².